The van der Waals surface area contributed by atoms with E-state index in [0.717, 1.165) is 51.0 Å². The Bertz CT molecular complexity index is 563. The van der Waals surface area contributed by atoms with Gasteiger partial charge in [-0.2, -0.15) is 0 Å². The van der Waals surface area contributed by atoms with E-state index in [-0.39, 0.29) is 5.92 Å². The van der Waals surface area contributed by atoms with Gasteiger partial charge >= 0.3 is 5.97 Å². The zero-order valence-electron chi connectivity index (χ0n) is 18.9. The summed E-state index contributed by atoms with van der Waals surface area (Å²) < 4.78 is 0. The molecule has 0 saturated heterocycles. The normalized spacial score (nSPS) is 11.9. The largest absolute Gasteiger partial charge is 0.480 e. The number of halogens is 1. The molecule has 0 aliphatic rings. The molecule has 3 N–H and O–H groups in total. The molecule has 0 aliphatic carbocycles. The fourth-order valence-electron chi connectivity index (χ4n) is 3.66. The summed E-state index contributed by atoms with van der Waals surface area (Å²) in [5.41, 5.74) is 2.68. The molecule has 0 amide bonds. The van der Waals surface area contributed by atoms with E-state index in [1.807, 2.05) is 12.1 Å². The highest BCUT2D eigenvalue weighted by Crippen LogP contribution is 2.27. The molecule has 165 valence electrons. The SMILES string of the molecule is CCCC(CCC)C(NCCC[B]O)C(=O)O.CCc1cccc(Cl)c1C(C)C. The Morgan fingerprint density at radius 2 is 1.79 bits per heavy atom. The predicted octanol–water partition coefficient (Wildman–Crippen LogP) is 5.69. The van der Waals surface area contributed by atoms with Gasteiger partial charge in [-0.25, -0.2) is 0 Å². The summed E-state index contributed by atoms with van der Waals surface area (Å²) in [5, 5.41) is 21.8. The van der Waals surface area contributed by atoms with Gasteiger partial charge in [-0.1, -0.05) is 77.5 Å². The second-order valence-electron chi connectivity index (χ2n) is 7.75. The van der Waals surface area contributed by atoms with Crippen molar-refractivity contribution in [2.45, 2.75) is 91.4 Å². The van der Waals surface area contributed by atoms with Crippen molar-refractivity contribution in [3.63, 3.8) is 0 Å². The summed E-state index contributed by atoms with van der Waals surface area (Å²) in [7, 11) is 1.12. The number of benzene rings is 1. The highest BCUT2D eigenvalue weighted by molar-refractivity contribution is 6.31. The highest BCUT2D eigenvalue weighted by atomic mass is 35.5. The van der Waals surface area contributed by atoms with Gasteiger partial charge in [0, 0.05) is 5.02 Å². The van der Waals surface area contributed by atoms with Crippen LogP contribution in [0, 0.1) is 5.92 Å². The van der Waals surface area contributed by atoms with Crippen LogP contribution in [0.4, 0.5) is 0 Å². The molecule has 1 radical (unpaired) electrons. The molecule has 0 aromatic heterocycles. The fraction of sp³-hybridized carbons (Fsp3) is 0.696. The number of carboxylic acid groups (broad SMARTS) is 1. The molecule has 0 heterocycles. The van der Waals surface area contributed by atoms with E-state index in [9.17, 15) is 9.90 Å². The topological polar surface area (TPSA) is 69.6 Å². The molecule has 6 heteroatoms. The van der Waals surface area contributed by atoms with Crippen molar-refractivity contribution in [1.29, 1.82) is 0 Å². The van der Waals surface area contributed by atoms with Gasteiger partial charge < -0.3 is 15.4 Å². The Labute approximate surface area is 183 Å². The summed E-state index contributed by atoms with van der Waals surface area (Å²) in [6.45, 7) is 11.3. The molecule has 0 bridgehead atoms. The zero-order valence-corrected chi connectivity index (χ0v) is 19.6. The van der Waals surface area contributed by atoms with Gasteiger partial charge in [0.2, 0.25) is 0 Å². The maximum atomic E-state index is 11.2. The number of rotatable bonds is 13. The van der Waals surface area contributed by atoms with E-state index >= 15 is 0 Å². The van der Waals surface area contributed by atoms with Crippen LogP contribution in [-0.4, -0.2) is 36.2 Å². The van der Waals surface area contributed by atoms with E-state index in [1.54, 1.807) is 0 Å². The lowest BCUT2D eigenvalue weighted by Crippen LogP contribution is -2.43. The van der Waals surface area contributed by atoms with Crippen molar-refractivity contribution in [2.24, 2.45) is 5.92 Å². The summed E-state index contributed by atoms with van der Waals surface area (Å²) in [5.74, 6) is -0.0286. The first-order chi connectivity index (χ1) is 13.8. The molecule has 1 rings (SSSR count). The van der Waals surface area contributed by atoms with Crippen LogP contribution in [-0.2, 0) is 11.2 Å². The average Bonchev–Trinajstić information content (AvgIpc) is 2.67. The van der Waals surface area contributed by atoms with Crippen LogP contribution >= 0.6 is 11.6 Å². The number of hydrogen-bond donors (Lipinski definition) is 3. The Kier molecular flexibility index (Phi) is 16.1. The molecule has 0 aliphatic heterocycles. The number of aliphatic carboxylic acids is 1. The fourth-order valence-corrected chi connectivity index (χ4v) is 4.07. The molecule has 0 fully saturated rings. The van der Waals surface area contributed by atoms with Gasteiger partial charge in [0.1, 0.15) is 6.04 Å². The first kappa shape index (κ1) is 28.0. The van der Waals surface area contributed by atoms with Crippen molar-refractivity contribution in [1.82, 2.24) is 5.32 Å². The van der Waals surface area contributed by atoms with E-state index in [4.69, 9.17) is 16.6 Å². The lowest BCUT2D eigenvalue weighted by Gasteiger charge is -2.24. The Hall–Kier alpha value is -1.04. The van der Waals surface area contributed by atoms with Crippen molar-refractivity contribution < 1.29 is 14.9 Å². The molecular formula is C23H40BClNO3. The number of hydrogen-bond acceptors (Lipinski definition) is 3. The monoisotopic (exact) mass is 424 g/mol. The lowest BCUT2D eigenvalue weighted by atomic mass is 9.89. The third kappa shape index (κ3) is 11.1. The first-order valence-corrected chi connectivity index (χ1v) is 11.4. The van der Waals surface area contributed by atoms with Crippen LogP contribution in [0.2, 0.25) is 11.3 Å². The van der Waals surface area contributed by atoms with Crippen LogP contribution < -0.4 is 5.32 Å². The molecule has 1 aromatic rings. The van der Waals surface area contributed by atoms with Crippen LogP contribution in [0.5, 0.6) is 0 Å². The van der Waals surface area contributed by atoms with E-state index in [2.05, 4.69) is 46.0 Å². The lowest BCUT2D eigenvalue weighted by molar-refractivity contribution is -0.141. The minimum atomic E-state index is -0.759. The smallest absolute Gasteiger partial charge is 0.320 e. The number of carboxylic acids is 1. The van der Waals surface area contributed by atoms with Crippen LogP contribution in [0.3, 0.4) is 0 Å². The Morgan fingerprint density at radius 3 is 2.21 bits per heavy atom. The molecule has 4 nitrogen and oxygen atoms in total. The van der Waals surface area contributed by atoms with Crippen molar-refractivity contribution in [3.05, 3.63) is 34.3 Å². The Morgan fingerprint density at radius 1 is 1.17 bits per heavy atom. The second-order valence-corrected chi connectivity index (χ2v) is 8.16. The number of carbonyl (C=O) groups is 1. The minimum Gasteiger partial charge on any atom is -0.480 e. The van der Waals surface area contributed by atoms with Gasteiger partial charge in [-0.3, -0.25) is 4.79 Å². The quantitative estimate of drug-likeness (QED) is 0.281. The summed E-state index contributed by atoms with van der Waals surface area (Å²) in [6.07, 6.45) is 6.36. The van der Waals surface area contributed by atoms with Gasteiger partial charge in [-0.15, -0.1) is 0 Å². The van der Waals surface area contributed by atoms with E-state index in [0.29, 0.717) is 18.8 Å². The van der Waals surface area contributed by atoms with Gasteiger partial charge in [-0.05, 0) is 61.3 Å². The second kappa shape index (κ2) is 16.7. The van der Waals surface area contributed by atoms with Crippen molar-refractivity contribution >= 4 is 25.1 Å². The molecule has 0 spiro atoms. The number of aryl methyl sites for hydroxylation is 1. The third-order valence-electron chi connectivity index (χ3n) is 5.03. The standard InChI is InChI=1S/C12H25BNO3.C11H15Cl/c1-3-6-10(7-4-2)11(12(15)16)14-9-5-8-13-17;1-4-9-6-5-7-10(12)11(9)8(2)3/h10-11,14,17H,3-9H2,1-2H3,(H,15,16);5-8H,4H2,1-3H3. The zero-order chi connectivity index (χ0) is 22.2. The van der Waals surface area contributed by atoms with Crippen molar-refractivity contribution in [2.75, 3.05) is 6.54 Å². The van der Waals surface area contributed by atoms with Gasteiger partial charge in [0.05, 0.1) is 0 Å². The Balaban J connectivity index is 0.000000571. The first-order valence-electron chi connectivity index (χ1n) is 11.0. The van der Waals surface area contributed by atoms with Gasteiger partial charge in [0.15, 0.2) is 0 Å². The van der Waals surface area contributed by atoms with Crippen LogP contribution in [0.1, 0.15) is 83.8 Å². The van der Waals surface area contributed by atoms with E-state index in [1.165, 1.54) is 11.1 Å². The average molecular weight is 425 g/mol. The van der Waals surface area contributed by atoms with E-state index < -0.39 is 12.0 Å². The van der Waals surface area contributed by atoms with Crippen molar-refractivity contribution in [3.8, 4) is 0 Å². The van der Waals surface area contributed by atoms with Crippen LogP contribution in [0.15, 0.2) is 18.2 Å². The van der Waals surface area contributed by atoms with Gasteiger partial charge in [0.25, 0.3) is 7.48 Å². The summed E-state index contributed by atoms with van der Waals surface area (Å²) >= 11 is 6.10. The third-order valence-corrected chi connectivity index (χ3v) is 5.36. The molecular weight excluding hydrogens is 385 g/mol. The maximum absolute atomic E-state index is 11.2. The molecule has 0 saturated carbocycles. The molecule has 29 heavy (non-hydrogen) atoms. The molecule has 1 aromatic carbocycles. The minimum absolute atomic E-state index is 0.209. The maximum Gasteiger partial charge on any atom is 0.320 e. The summed E-state index contributed by atoms with van der Waals surface area (Å²) in [4.78, 5) is 11.2. The molecule has 1 atom stereocenters. The summed E-state index contributed by atoms with van der Waals surface area (Å²) in [6, 6.07) is 5.69. The predicted molar refractivity (Wildman–Crippen MR) is 125 cm³/mol. The van der Waals surface area contributed by atoms with Crippen LogP contribution in [0.25, 0.3) is 0 Å². The molecule has 1 unspecified atom stereocenters. The highest BCUT2D eigenvalue weighted by Gasteiger charge is 2.25. The number of nitrogens with one attached hydrogen (secondary N) is 1.